The largest absolute Gasteiger partial charge is 0.379 e. The summed E-state index contributed by atoms with van der Waals surface area (Å²) in [5.74, 6) is -0.929. The van der Waals surface area contributed by atoms with E-state index < -0.39 is 5.82 Å². The van der Waals surface area contributed by atoms with Crippen LogP contribution in [0.1, 0.15) is 38.3 Å². The summed E-state index contributed by atoms with van der Waals surface area (Å²) < 4.78 is 18.7. The number of halogens is 1. The van der Waals surface area contributed by atoms with Crippen LogP contribution in [-0.2, 0) is 17.7 Å². The van der Waals surface area contributed by atoms with Gasteiger partial charge in [0, 0.05) is 49.7 Å². The third-order valence-electron chi connectivity index (χ3n) is 7.12. The lowest BCUT2D eigenvalue weighted by molar-refractivity contribution is 0.0374. The zero-order valence-electron chi connectivity index (χ0n) is 21.4. The van der Waals surface area contributed by atoms with Gasteiger partial charge in [-0.1, -0.05) is 24.3 Å². The Bertz CT molecular complexity index is 1270. The van der Waals surface area contributed by atoms with Gasteiger partial charge in [-0.25, -0.2) is 4.39 Å². The fourth-order valence-electron chi connectivity index (χ4n) is 5.00. The number of hydrogen-bond acceptors (Lipinski definition) is 5. The third-order valence-corrected chi connectivity index (χ3v) is 7.12. The monoisotopic (exact) mass is 516 g/mol. The topological polar surface area (TPSA) is 73.9 Å². The van der Waals surface area contributed by atoms with E-state index >= 15 is 0 Å². The van der Waals surface area contributed by atoms with Gasteiger partial charge in [0.05, 0.1) is 18.8 Å². The molecule has 1 saturated heterocycles. The maximum absolute atomic E-state index is 13.4. The summed E-state index contributed by atoms with van der Waals surface area (Å²) in [6, 6.07) is 19.2. The van der Waals surface area contributed by atoms with Crippen molar-refractivity contribution in [2.45, 2.75) is 19.4 Å². The molecule has 0 saturated carbocycles. The van der Waals surface area contributed by atoms with Crippen LogP contribution < -0.4 is 15.5 Å². The van der Waals surface area contributed by atoms with Crippen molar-refractivity contribution >= 4 is 23.2 Å². The summed E-state index contributed by atoms with van der Waals surface area (Å²) in [6.07, 6.45) is 1.75. The highest BCUT2D eigenvalue weighted by Gasteiger charge is 2.22. The molecule has 0 atom stereocenters. The van der Waals surface area contributed by atoms with Gasteiger partial charge in [-0.05, 0) is 73.0 Å². The fourth-order valence-corrected chi connectivity index (χ4v) is 5.00. The van der Waals surface area contributed by atoms with Gasteiger partial charge < -0.3 is 20.3 Å². The minimum Gasteiger partial charge on any atom is -0.379 e. The Kier molecular flexibility index (Phi) is 8.31. The van der Waals surface area contributed by atoms with Crippen LogP contribution in [0, 0.1) is 5.82 Å². The molecule has 2 aliphatic rings. The van der Waals surface area contributed by atoms with Gasteiger partial charge in [0.2, 0.25) is 0 Å². The Balaban J connectivity index is 1.32. The predicted octanol–water partition coefficient (Wildman–Crippen LogP) is 4.09. The fraction of sp³-hybridized carbons (Fsp3) is 0.333. The molecule has 2 aliphatic heterocycles. The zero-order chi connectivity index (χ0) is 26.3. The molecule has 0 spiro atoms. The number of ether oxygens (including phenoxy) is 1. The van der Waals surface area contributed by atoms with Crippen molar-refractivity contribution in [1.29, 1.82) is 0 Å². The molecule has 3 aromatic rings. The molecule has 2 amide bonds. The Morgan fingerprint density at radius 2 is 1.66 bits per heavy atom. The number of rotatable bonds is 8. The SMILES string of the molecule is O=C(Nc1ccc(N2CCc3ccccc3C2)c(C(=O)NCCCN2CCOCC2)c1)c1ccc(F)cc1. The molecular weight excluding hydrogens is 483 g/mol. The lowest BCUT2D eigenvalue weighted by atomic mass is 9.98. The first kappa shape index (κ1) is 25.9. The molecule has 198 valence electrons. The number of benzene rings is 3. The van der Waals surface area contributed by atoms with Gasteiger partial charge in [-0.3, -0.25) is 14.5 Å². The van der Waals surface area contributed by atoms with Crippen LogP contribution in [0.15, 0.2) is 66.7 Å². The van der Waals surface area contributed by atoms with Gasteiger partial charge >= 0.3 is 0 Å². The van der Waals surface area contributed by atoms with Crippen molar-refractivity contribution in [3.8, 4) is 0 Å². The summed E-state index contributed by atoms with van der Waals surface area (Å²) in [5, 5.41) is 5.93. The van der Waals surface area contributed by atoms with E-state index in [1.807, 2.05) is 18.2 Å². The molecule has 2 N–H and O–H groups in total. The van der Waals surface area contributed by atoms with Crippen molar-refractivity contribution in [3.05, 3.63) is 94.8 Å². The number of fused-ring (bicyclic) bond motifs is 1. The average molecular weight is 517 g/mol. The van der Waals surface area contributed by atoms with Crippen LogP contribution >= 0.6 is 0 Å². The van der Waals surface area contributed by atoms with Crippen LogP contribution in [0.4, 0.5) is 15.8 Å². The summed E-state index contributed by atoms with van der Waals surface area (Å²) in [7, 11) is 0. The molecule has 8 heteroatoms. The second-order valence-electron chi connectivity index (χ2n) is 9.70. The summed E-state index contributed by atoms with van der Waals surface area (Å²) in [4.78, 5) is 30.7. The summed E-state index contributed by atoms with van der Waals surface area (Å²) >= 11 is 0. The van der Waals surface area contributed by atoms with Crippen LogP contribution in [-0.4, -0.2) is 62.7 Å². The van der Waals surface area contributed by atoms with Gasteiger partial charge in [-0.15, -0.1) is 0 Å². The second kappa shape index (κ2) is 12.2. The van der Waals surface area contributed by atoms with Gasteiger partial charge in [0.1, 0.15) is 5.82 Å². The smallest absolute Gasteiger partial charge is 0.255 e. The first-order chi connectivity index (χ1) is 18.6. The molecule has 5 rings (SSSR count). The Morgan fingerprint density at radius 3 is 2.45 bits per heavy atom. The minimum atomic E-state index is -0.401. The second-order valence-corrected chi connectivity index (χ2v) is 9.70. The highest BCUT2D eigenvalue weighted by molar-refractivity contribution is 6.06. The molecule has 0 aliphatic carbocycles. The number of anilines is 2. The summed E-state index contributed by atoms with van der Waals surface area (Å²) in [5.41, 5.74) is 4.80. The van der Waals surface area contributed by atoms with Crippen molar-refractivity contribution < 1.29 is 18.7 Å². The number of nitrogens with zero attached hydrogens (tertiary/aromatic N) is 2. The van der Waals surface area contributed by atoms with E-state index in [0.717, 1.165) is 64.5 Å². The molecule has 38 heavy (non-hydrogen) atoms. The van der Waals surface area contributed by atoms with E-state index in [2.05, 4.69) is 38.6 Å². The first-order valence-corrected chi connectivity index (χ1v) is 13.2. The maximum Gasteiger partial charge on any atom is 0.255 e. The first-order valence-electron chi connectivity index (χ1n) is 13.2. The number of nitrogens with one attached hydrogen (secondary N) is 2. The maximum atomic E-state index is 13.4. The highest BCUT2D eigenvalue weighted by atomic mass is 19.1. The van der Waals surface area contributed by atoms with Crippen molar-refractivity contribution in [2.24, 2.45) is 0 Å². The lowest BCUT2D eigenvalue weighted by Crippen LogP contribution is -2.38. The number of carbonyl (C=O) groups excluding carboxylic acids is 2. The average Bonchev–Trinajstić information content (AvgIpc) is 2.96. The highest BCUT2D eigenvalue weighted by Crippen LogP contribution is 2.30. The van der Waals surface area contributed by atoms with Crippen LogP contribution in [0.3, 0.4) is 0 Å². The van der Waals surface area contributed by atoms with E-state index in [0.29, 0.717) is 23.4 Å². The van der Waals surface area contributed by atoms with E-state index in [1.165, 1.54) is 35.4 Å². The number of carbonyl (C=O) groups is 2. The normalized spacial score (nSPS) is 15.6. The van der Waals surface area contributed by atoms with Crippen LogP contribution in [0.2, 0.25) is 0 Å². The van der Waals surface area contributed by atoms with E-state index in [4.69, 9.17) is 4.74 Å². The molecule has 0 aromatic heterocycles. The minimum absolute atomic E-state index is 0.168. The summed E-state index contributed by atoms with van der Waals surface area (Å²) in [6.45, 7) is 6.34. The van der Waals surface area contributed by atoms with Crippen molar-refractivity contribution in [3.63, 3.8) is 0 Å². The Hall–Kier alpha value is -3.75. The molecule has 7 nitrogen and oxygen atoms in total. The van der Waals surface area contributed by atoms with E-state index in [1.54, 1.807) is 6.07 Å². The molecule has 0 radical (unpaired) electrons. The number of amides is 2. The third kappa shape index (κ3) is 6.38. The standard InChI is InChI=1S/C30H33FN4O3/c31-25-8-6-23(7-9-25)29(36)33-26-10-11-28(35-15-12-22-4-1-2-5-24(22)21-35)27(20-26)30(37)32-13-3-14-34-16-18-38-19-17-34/h1-2,4-11,20H,3,12-19,21H2,(H,32,37)(H,33,36). The molecular formula is C30H33FN4O3. The van der Waals surface area contributed by atoms with Crippen LogP contribution in [0.25, 0.3) is 0 Å². The van der Waals surface area contributed by atoms with Crippen molar-refractivity contribution in [2.75, 3.05) is 56.2 Å². The molecule has 3 aromatic carbocycles. The van der Waals surface area contributed by atoms with E-state index in [-0.39, 0.29) is 11.8 Å². The van der Waals surface area contributed by atoms with Crippen molar-refractivity contribution in [1.82, 2.24) is 10.2 Å². The zero-order valence-corrected chi connectivity index (χ0v) is 21.4. The molecule has 2 heterocycles. The quantitative estimate of drug-likeness (QED) is 0.441. The Labute approximate surface area is 222 Å². The number of morpholine rings is 1. The van der Waals surface area contributed by atoms with Gasteiger partial charge in [-0.2, -0.15) is 0 Å². The number of hydrogen-bond donors (Lipinski definition) is 2. The van der Waals surface area contributed by atoms with Gasteiger partial charge in [0.25, 0.3) is 11.8 Å². The van der Waals surface area contributed by atoms with Gasteiger partial charge in [0.15, 0.2) is 0 Å². The lowest BCUT2D eigenvalue weighted by Gasteiger charge is -2.32. The predicted molar refractivity (Wildman–Crippen MR) is 146 cm³/mol. The van der Waals surface area contributed by atoms with E-state index in [9.17, 15) is 14.0 Å². The molecule has 0 unspecified atom stereocenters. The molecule has 0 bridgehead atoms. The van der Waals surface area contributed by atoms with Crippen LogP contribution in [0.5, 0.6) is 0 Å². The molecule has 1 fully saturated rings. The Morgan fingerprint density at radius 1 is 0.895 bits per heavy atom.